The average molecular weight is 320 g/mol. The highest BCUT2D eigenvalue weighted by Crippen LogP contribution is 2.21. The lowest BCUT2D eigenvalue weighted by atomic mass is 10.2. The first-order valence-electron chi connectivity index (χ1n) is 7.27. The summed E-state index contributed by atoms with van der Waals surface area (Å²) in [7, 11) is 0. The Morgan fingerprint density at radius 2 is 2.13 bits per heavy atom. The van der Waals surface area contributed by atoms with Crippen molar-refractivity contribution >= 4 is 17.5 Å². The Morgan fingerprint density at radius 3 is 2.74 bits per heavy atom. The topological polar surface area (TPSA) is 79.0 Å². The summed E-state index contributed by atoms with van der Waals surface area (Å²) in [6.45, 7) is 7.64. The van der Waals surface area contributed by atoms with Crippen molar-refractivity contribution in [1.82, 2.24) is 10.2 Å². The monoisotopic (exact) mass is 320 g/mol. The summed E-state index contributed by atoms with van der Waals surface area (Å²) in [4.78, 5) is 11.8. The third kappa shape index (κ3) is 4.98. The van der Waals surface area contributed by atoms with Crippen LogP contribution in [0.5, 0.6) is 0 Å². The molecule has 0 bridgehead atoms. The van der Waals surface area contributed by atoms with Gasteiger partial charge in [-0.3, -0.25) is 10.4 Å². The summed E-state index contributed by atoms with van der Waals surface area (Å²) in [6, 6.07) is 4.29. The van der Waals surface area contributed by atoms with Crippen LogP contribution in [0, 0.1) is 12.7 Å². The van der Waals surface area contributed by atoms with E-state index in [1.165, 1.54) is 18.2 Å². The number of nitrogens with one attached hydrogen (secondary N) is 3. The highest BCUT2D eigenvalue weighted by Gasteiger charge is 2.16. The fourth-order valence-electron chi connectivity index (χ4n) is 1.90. The SMILES string of the molecule is Cc1[nH]ncc1CNc1cc(NC(=O)OC(C)(C)C)ccc1F. The lowest BCUT2D eigenvalue weighted by molar-refractivity contribution is 0.0636. The maximum atomic E-state index is 13.9. The lowest BCUT2D eigenvalue weighted by Crippen LogP contribution is -2.27. The van der Waals surface area contributed by atoms with E-state index in [1.807, 2.05) is 6.92 Å². The minimum absolute atomic E-state index is 0.291. The number of carbonyl (C=O) groups excluding carboxylic acids is 1. The highest BCUT2D eigenvalue weighted by molar-refractivity contribution is 5.85. The van der Waals surface area contributed by atoms with Gasteiger partial charge in [-0.15, -0.1) is 0 Å². The van der Waals surface area contributed by atoms with Crippen LogP contribution in [0.2, 0.25) is 0 Å². The van der Waals surface area contributed by atoms with Gasteiger partial charge in [0, 0.05) is 23.5 Å². The minimum Gasteiger partial charge on any atom is -0.444 e. The first kappa shape index (κ1) is 16.8. The molecule has 0 unspecified atom stereocenters. The van der Waals surface area contributed by atoms with Gasteiger partial charge in [0.05, 0.1) is 11.9 Å². The molecule has 0 saturated heterocycles. The maximum Gasteiger partial charge on any atom is 0.412 e. The van der Waals surface area contributed by atoms with E-state index in [4.69, 9.17) is 4.74 Å². The van der Waals surface area contributed by atoms with Gasteiger partial charge >= 0.3 is 6.09 Å². The number of halogens is 1. The predicted octanol–water partition coefficient (Wildman–Crippen LogP) is 3.82. The molecule has 0 aliphatic carbocycles. The van der Waals surface area contributed by atoms with E-state index >= 15 is 0 Å². The number of aromatic nitrogens is 2. The fraction of sp³-hybridized carbons (Fsp3) is 0.375. The van der Waals surface area contributed by atoms with Gasteiger partial charge in [-0.25, -0.2) is 9.18 Å². The van der Waals surface area contributed by atoms with Crippen molar-refractivity contribution in [3.63, 3.8) is 0 Å². The largest absolute Gasteiger partial charge is 0.444 e. The minimum atomic E-state index is -0.593. The number of amides is 1. The Morgan fingerprint density at radius 1 is 1.39 bits per heavy atom. The zero-order chi connectivity index (χ0) is 17.0. The van der Waals surface area contributed by atoms with Crippen LogP contribution in [0.15, 0.2) is 24.4 Å². The first-order chi connectivity index (χ1) is 10.7. The van der Waals surface area contributed by atoms with Crippen molar-refractivity contribution in [3.8, 4) is 0 Å². The molecule has 0 saturated carbocycles. The smallest absolute Gasteiger partial charge is 0.412 e. The van der Waals surface area contributed by atoms with Gasteiger partial charge < -0.3 is 10.1 Å². The van der Waals surface area contributed by atoms with Gasteiger partial charge in [-0.2, -0.15) is 5.10 Å². The lowest BCUT2D eigenvalue weighted by Gasteiger charge is -2.20. The number of aryl methyl sites for hydroxylation is 1. The van der Waals surface area contributed by atoms with E-state index < -0.39 is 17.5 Å². The van der Waals surface area contributed by atoms with Crippen LogP contribution in [0.1, 0.15) is 32.0 Å². The Hall–Kier alpha value is -2.57. The van der Waals surface area contributed by atoms with Crippen molar-refractivity contribution in [2.24, 2.45) is 0 Å². The molecule has 1 heterocycles. The molecule has 2 aromatic rings. The Bertz CT molecular complexity index is 692. The van der Waals surface area contributed by atoms with E-state index in [-0.39, 0.29) is 0 Å². The second-order valence-electron chi connectivity index (χ2n) is 6.20. The number of benzene rings is 1. The van der Waals surface area contributed by atoms with Crippen LogP contribution in [-0.2, 0) is 11.3 Å². The molecule has 1 aromatic carbocycles. The van der Waals surface area contributed by atoms with Crippen LogP contribution in [0.3, 0.4) is 0 Å². The summed E-state index contributed by atoms with van der Waals surface area (Å²) in [6.07, 6.45) is 1.10. The van der Waals surface area contributed by atoms with Crippen molar-refractivity contribution in [2.45, 2.75) is 39.8 Å². The molecule has 0 fully saturated rings. The van der Waals surface area contributed by atoms with Gasteiger partial charge in [0.1, 0.15) is 11.4 Å². The molecule has 6 nitrogen and oxygen atoms in total. The summed E-state index contributed by atoms with van der Waals surface area (Å²) in [5.74, 6) is -0.402. The number of nitrogens with zero attached hydrogens (tertiary/aromatic N) is 1. The Kier molecular flexibility index (Phi) is 4.88. The number of H-pyrrole nitrogens is 1. The molecule has 0 spiro atoms. The maximum absolute atomic E-state index is 13.9. The number of anilines is 2. The number of hydrogen-bond donors (Lipinski definition) is 3. The molecule has 0 aliphatic heterocycles. The van der Waals surface area contributed by atoms with Crippen LogP contribution in [0.25, 0.3) is 0 Å². The van der Waals surface area contributed by atoms with Crippen LogP contribution in [-0.4, -0.2) is 21.9 Å². The highest BCUT2D eigenvalue weighted by atomic mass is 19.1. The van der Waals surface area contributed by atoms with Crippen LogP contribution in [0.4, 0.5) is 20.6 Å². The molecule has 1 amide bonds. The fourth-order valence-corrected chi connectivity index (χ4v) is 1.90. The van der Waals surface area contributed by atoms with Crippen molar-refractivity contribution in [2.75, 3.05) is 10.6 Å². The van der Waals surface area contributed by atoms with Gasteiger partial charge in [-0.1, -0.05) is 0 Å². The summed E-state index contributed by atoms with van der Waals surface area (Å²) < 4.78 is 19.0. The summed E-state index contributed by atoms with van der Waals surface area (Å²) in [5, 5.41) is 12.3. The second-order valence-corrected chi connectivity index (χ2v) is 6.20. The van der Waals surface area contributed by atoms with E-state index in [9.17, 15) is 9.18 Å². The van der Waals surface area contributed by atoms with Crippen molar-refractivity contribution in [1.29, 1.82) is 0 Å². The number of hydrogen-bond acceptors (Lipinski definition) is 4. The quantitative estimate of drug-likeness (QED) is 0.800. The molecule has 0 atom stereocenters. The molecule has 1 aromatic heterocycles. The predicted molar refractivity (Wildman–Crippen MR) is 86.9 cm³/mol. The first-order valence-corrected chi connectivity index (χ1v) is 7.27. The zero-order valence-corrected chi connectivity index (χ0v) is 13.7. The molecule has 23 heavy (non-hydrogen) atoms. The third-order valence-electron chi connectivity index (χ3n) is 3.02. The van der Waals surface area contributed by atoms with E-state index in [1.54, 1.807) is 27.0 Å². The van der Waals surface area contributed by atoms with Gasteiger partial charge in [0.2, 0.25) is 0 Å². The number of rotatable bonds is 4. The van der Waals surface area contributed by atoms with E-state index in [0.29, 0.717) is 17.9 Å². The summed E-state index contributed by atoms with van der Waals surface area (Å²) >= 11 is 0. The molecule has 3 N–H and O–H groups in total. The molecule has 124 valence electrons. The van der Waals surface area contributed by atoms with E-state index in [0.717, 1.165) is 11.3 Å². The third-order valence-corrected chi connectivity index (χ3v) is 3.02. The van der Waals surface area contributed by atoms with Crippen molar-refractivity contribution < 1.29 is 13.9 Å². The molecular formula is C16H21FN4O2. The molecule has 2 rings (SSSR count). The Balaban J connectivity index is 2.04. The number of carbonyl (C=O) groups is 1. The summed E-state index contributed by atoms with van der Waals surface area (Å²) in [5.41, 5.74) is 2.01. The number of ether oxygens (including phenoxy) is 1. The second kappa shape index (κ2) is 6.68. The zero-order valence-electron chi connectivity index (χ0n) is 13.7. The molecule has 0 radical (unpaired) electrons. The standard InChI is InChI=1S/C16H21FN4O2/c1-10-11(9-19-21-10)8-18-14-7-12(5-6-13(14)17)20-15(22)23-16(2,3)4/h5-7,9,18H,8H2,1-4H3,(H,19,21)(H,20,22). The average Bonchev–Trinajstić information content (AvgIpc) is 2.83. The van der Waals surface area contributed by atoms with Crippen molar-refractivity contribution in [3.05, 3.63) is 41.5 Å². The van der Waals surface area contributed by atoms with Crippen LogP contribution < -0.4 is 10.6 Å². The molecule has 0 aliphatic rings. The molecular weight excluding hydrogens is 299 g/mol. The molecule has 7 heteroatoms. The normalized spacial score (nSPS) is 11.2. The Labute approximate surface area is 134 Å². The van der Waals surface area contributed by atoms with E-state index in [2.05, 4.69) is 20.8 Å². The van der Waals surface area contributed by atoms with Gasteiger partial charge in [0.25, 0.3) is 0 Å². The number of aromatic amines is 1. The van der Waals surface area contributed by atoms with Gasteiger partial charge in [-0.05, 0) is 45.9 Å². The van der Waals surface area contributed by atoms with Gasteiger partial charge in [0.15, 0.2) is 0 Å². The van der Waals surface area contributed by atoms with Crippen LogP contribution >= 0.6 is 0 Å².